The Bertz CT molecular complexity index is 1690. The van der Waals surface area contributed by atoms with Crippen molar-refractivity contribution in [2.45, 2.75) is 51.9 Å². The Morgan fingerprint density at radius 1 is 0.467 bits per heavy atom. The van der Waals surface area contributed by atoms with Crippen LogP contribution in [0.3, 0.4) is 0 Å². The molecule has 0 saturated carbocycles. The topological polar surface area (TPSA) is 146 Å². The molecule has 0 heterocycles. The second kappa shape index (κ2) is 14.8. The molecule has 0 aliphatic heterocycles. The number of nitrogens with one attached hydrogen (secondary N) is 5. The number of hydrogen-bond donors (Lipinski definition) is 5. The predicted molar refractivity (Wildman–Crippen MR) is 174 cm³/mol. The van der Waals surface area contributed by atoms with Crippen LogP contribution in [0.1, 0.15) is 38.1 Å². The Kier molecular flexibility index (Phi) is 10.6. The first-order chi connectivity index (χ1) is 21.5. The Hall–Kier alpha value is -5.51. The Balaban J connectivity index is 1.21. The molecule has 5 amide bonds. The van der Waals surface area contributed by atoms with Gasteiger partial charge in [0.25, 0.3) is 5.91 Å². The molecular formula is C35H37N5O5. The highest BCUT2D eigenvalue weighted by molar-refractivity contribution is 6.01. The van der Waals surface area contributed by atoms with Gasteiger partial charge >= 0.3 is 0 Å². The van der Waals surface area contributed by atoms with E-state index in [2.05, 4.69) is 26.6 Å². The minimum Gasteiger partial charge on any atom is -0.343 e. The van der Waals surface area contributed by atoms with Crippen molar-refractivity contribution in [2.24, 2.45) is 0 Å². The van der Waals surface area contributed by atoms with Crippen LogP contribution in [0.4, 0.5) is 5.69 Å². The van der Waals surface area contributed by atoms with Gasteiger partial charge in [-0.3, -0.25) is 24.0 Å². The molecule has 0 aliphatic rings. The highest BCUT2D eigenvalue weighted by atomic mass is 16.2. The summed E-state index contributed by atoms with van der Waals surface area (Å²) in [5.74, 6) is -2.58. The lowest BCUT2D eigenvalue weighted by Crippen LogP contribution is -2.55. The molecule has 0 spiro atoms. The van der Waals surface area contributed by atoms with Crippen LogP contribution in [0.5, 0.6) is 0 Å². The summed E-state index contributed by atoms with van der Waals surface area (Å²) in [5, 5.41) is 15.0. The number of benzene rings is 4. The molecule has 5 N–H and O–H groups in total. The minimum atomic E-state index is -0.993. The summed E-state index contributed by atoms with van der Waals surface area (Å²) in [5.41, 5.74) is 3.04. The molecule has 0 aromatic heterocycles. The van der Waals surface area contributed by atoms with Crippen LogP contribution in [-0.2, 0) is 19.2 Å². The fourth-order valence-corrected chi connectivity index (χ4v) is 4.52. The molecule has 0 bridgehead atoms. The van der Waals surface area contributed by atoms with Crippen molar-refractivity contribution in [1.82, 2.24) is 21.3 Å². The van der Waals surface area contributed by atoms with Gasteiger partial charge in [0.05, 0.1) is 0 Å². The van der Waals surface area contributed by atoms with Crippen molar-refractivity contribution in [3.8, 4) is 11.1 Å². The molecule has 45 heavy (non-hydrogen) atoms. The number of carbonyl (C=O) groups excluding carboxylic acids is 5. The Morgan fingerprint density at radius 3 is 1.51 bits per heavy atom. The number of carbonyl (C=O) groups is 5. The Morgan fingerprint density at radius 2 is 0.933 bits per heavy atom. The molecule has 0 aliphatic carbocycles. The van der Waals surface area contributed by atoms with Crippen molar-refractivity contribution < 1.29 is 24.0 Å². The molecule has 232 valence electrons. The van der Waals surface area contributed by atoms with Crippen LogP contribution in [-0.4, -0.2) is 53.7 Å². The van der Waals surface area contributed by atoms with Crippen molar-refractivity contribution in [2.75, 3.05) is 5.32 Å². The summed E-state index contributed by atoms with van der Waals surface area (Å²) in [6, 6.07) is 26.3. The van der Waals surface area contributed by atoms with Crippen LogP contribution in [0.2, 0.25) is 0 Å². The van der Waals surface area contributed by atoms with Gasteiger partial charge in [-0.05, 0) is 73.9 Å². The fraction of sp³-hybridized carbons (Fsp3) is 0.229. The second-order valence-corrected chi connectivity index (χ2v) is 10.9. The summed E-state index contributed by atoms with van der Waals surface area (Å²) in [4.78, 5) is 63.5. The first-order valence-electron chi connectivity index (χ1n) is 14.7. The van der Waals surface area contributed by atoms with E-state index in [0.29, 0.717) is 11.3 Å². The Labute approximate surface area is 262 Å². The lowest BCUT2D eigenvalue weighted by Gasteiger charge is -2.21. The molecule has 4 aromatic carbocycles. The first-order valence-corrected chi connectivity index (χ1v) is 14.7. The van der Waals surface area contributed by atoms with Gasteiger partial charge in [-0.25, -0.2) is 0 Å². The van der Waals surface area contributed by atoms with Crippen LogP contribution < -0.4 is 26.6 Å². The van der Waals surface area contributed by atoms with Gasteiger partial charge in [-0.2, -0.15) is 0 Å². The maximum Gasteiger partial charge on any atom is 0.251 e. The van der Waals surface area contributed by atoms with Crippen LogP contribution in [0.25, 0.3) is 21.9 Å². The number of fused-ring (bicyclic) bond motifs is 1. The van der Waals surface area contributed by atoms with Gasteiger partial charge in [0, 0.05) is 11.3 Å². The van der Waals surface area contributed by atoms with Crippen LogP contribution >= 0.6 is 0 Å². The monoisotopic (exact) mass is 607 g/mol. The molecule has 4 aromatic rings. The van der Waals surface area contributed by atoms with Crippen LogP contribution in [0, 0.1) is 0 Å². The van der Waals surface area contributed by atoms with E-state index in [1.165, 1.54) is 27.7 Å². The average molecular weight is 608 g/mol. The van der Waals surface area contributed by atoms with E-state index in [0.717, 1.165) is 21.9 Å². The van der Waals surface area contributed by atoms with Gasteiger partial charge in [-0.15, -0.1) is 0 Å². The summed E-state index contributed by atoms with van der Waals surface area (Å²) >= 11 is 0. The van der Waals surface area contributed by atoms with E-state index < -0.39 is 53.7 Å². The van der Waals surface area contributed by atoms with Gasteiger partial charge < -0.3 is 26.6 Å². The average Bonchev–Trinajstić information content (AvgIpc) is 3.04. The van der Waals surface area contributed by atoms with E-state index in [1.807, 2.05) is 72.8 Å². The summed E-state index contributed by atoms with van der Waals surface area (Å²) in [6.07, 6.45) is 0. The van der Waals surface area contributed by atoms with Gasteiger partial charge in [0.1, 0.15) is 24.2 Å². The zero-order valence-corrected chi connectivity index (χ0v) is 25.6. The fourth-order valence-electron chi connectivity index (χ4n) is 4.52. The third-order valence-corrected chi connectivity index (χ3v) is 7.27. The van der Waals surface area contributed by atoms with E-state index in [1.54, 1.807) is 24.3 Å². The smallest absolute Gasteiger partial charge is 0.251 e. The molecule has 10 nitrogen and oxygen atoms in total. The molecular weight excluding hydrogens is 570 g/mol. The largest absolute Gasteiger partial charge is 0.343 e. The highest BCUT2D eigenvalue weighted by Crippen LogP contribution is 2.21. The summed E-state index contributed by atoms with van der Waals surface area (Å²) < 4.78 is 0. The SMILES string of the molecule is C[C@H](NC(=O)c1ccc2ccccc2c1)C(=O)N[C@@H](C)C(=O)N[C@@H](C)C(=O)N[C@@H](C)C(=O)Nc1ccc(-c2ccccc2)cc1. The normalized spacial score (nSPS) is 13.4. The van der Waals surface area contributed by atoms with Crippen molar-refractivity contribution >= 4 is 46.0 Å². The minimum absolute atomic E-state index is 0.405. The zero-order valence-electron chi connectivity index (χ0n) is 25.6. The highest BCUT2D eigenvalue weighted by Gasteiger charge is 2.25. The quantitative estimate of drug-likeness (QED) is 0.176. The van der Waals surface area contributed by atoms with Crippen LogP contribution in [0.15, 0.2) is 97.1 Å². The number of amides is 5. The number of anilines is 1. The van der Waals surface area contributed by atoms with E-state index in [-0.39, 0.29) is 0 Å². The lowest BCUT2D eigenvalue weighted by molar-refractivity contribution is -0.132. The maximum absolute atomic E-state index is 12.7. The third kappa shape index (κ3) is 8.76. The van der Waals surface area contributed by atoms with E-state index in [9.17, 15) is 24.0 Å². The van der Waals surface area contributed by atoms with Gasteiger partial charge in [0.15, 0.2) is 0 Å². The number of hydrogen-bond acceptors (Lipinski definition) is 5. The number of rotatable bonds is 11. The zero-order chi connectivity index (χ0) is 32.5. The molecule has 0 unspecified atom stereocenters. The molecule has 0 fully saturated rings. The van der Waals surface area contributed by atoms with Gasteiger partial charge in [0.2, 0.25) is 23.6 Å². The van der Waals surface area contributed by atoms with Crippen molar-refractivity contribution in [1.29, 1.82) is 0 Å². The molecule has 0 radical (unpaired) electrons. The van der Waals surface area contributed by atoms with E-state index in [4.69, 9.17) is 0 Å². The van der Waals surface area contributed by atoms with Crippen molar-refractivity contribution in [3.63, 3.8) is 0 Å². The van der Waals surface area contributed by atoms with E-state index >= 15 is 0 Å². The summed E-state index contributed by atoms with van der Waals surface area (Å²) in [6.45, 7) is 5.99. The molecule has 4 atom stereocenters. The standard InChI is InChI=1S/C35H37N5O5/c1-21(37-33(43)23(3)39-35(45)29-15-14-26-12-8-9-13-28(26)20-29)31(41)36-22(2)32(42)38-24(4)34(44)40-30-18-16-27(17-19-30)25-10-6-5-7-11-25/h5-24H,1-4H3,(H,36,41)(H,37,43)(H,38,42)(H,39,45)(H,40,44)/t21-,22-,23-,24-/m0/s1. The predicted octanol–water partition coefficient (Wildman–Crippen LogP) is 3.78. The lowest BCUT2D eigenvalue weighted by atomic mass is 10.1. The third-order valence-electron chi connectivity index (χ3n) is 7.27. The first kappa shape index (κ1) is 32.4. The maximum atomic E-state index is 12.7. The molecule has 10 heteroatoms. The summed E-state index contributed by atoms with van der Waals surface area (Å²) in [7, 11) is 0. The van der Waals surface area contributed by atoms with Gasteiger partial charge in [-0.1, -0.05) is 72.8 Å². The molecule has 0 saturated heterocycles. The molecule has 4 rings (SSSR count). The second-order valence-electron chi connectivity index (χ2n) is 10.9. The van der Waals surface area contributed by atoms with Crippen molar-refractivity contribution in [3.05, 3.63) is 103 Å².